The molecule has 7 heteroatoms. The minimum Gasteiger partial charge on any atom is -0.484 e. The van der Waals surface area contributed by atoms with E-state index in [1.54, 1.807) is 24.3 Å². The Bertz CT molecular complexity index is 660. The fraction of sp³-hybridized carbons (Fsp3) is 0.0714. The van der Waals surface area contributed by atoms with Crippen LogP contribution in [0, 0.1) is 17.5 Å². The summed E-state index contributed by atoms with van der Waals surface area (Å²) >= 11 is 0. The molecule has 0 heterocycles. The largest absolute Gasteiger partial charge is 0.484 e. The van der Waals surface area contributed by atoms with Crippen molar-refractivity contribution in [2.75, 3.05) is 17.7 Å². The average Bonchev–Trinajstić information content (AvgIpc) is 2.44. The van der Waals surface area contributed by atoms with E-state index in [2.05, 4.69) is 5.32 Å². The number of rotatable bonds is 4. The topological polar surface area (TPSA) is 64.3 Å². The summed E-state index contributed by atoms with van der Waals surface area (Å²) in [7, 11) is 0. The Balaban J connectivity index is 1.96. The molecule has 0 aromatic heterocycles. The van der Waals surface area contributed by atoms with E-state index in [1.165, 1.54) is 0 Å². The zero-order valence-corrected chi connectivity index (χ0v) is 10.7. The van der Waals surface area contributed by atoms with E-state index in [1.807, 2.05) is 0 Å². The molecule has 0 aliphatic heterocycles. The smallest absolute Gasteiger partial charge is 0.262 e. The second-order valence-corrected chi connectivity index (χ2v) is 4.15. The van der Waals surface area contributed by atoms with Crippen molar-refractivity contribution in [1.29, 1.82) is 0 Å². The van der Waals surface area contributed by atoms with Gasteiger partial charge in [0.15, 0.2) is 18.2 Å². The number of anilines is 2. The van der Waals surface area contributed by atoms with E-state index in [-0.39, 0.29) is 0 Å². The first-order chi connectivity index (χ1) is 9.95. The number of hydrogen-bond donors (Lipinski definition) is 2. The molecule has 3 N–H and O–H groups in total. The van der Waals surface area contributed by atoms with Gasteiger partial charge in [-0.05, 0) is 24.3 Å². The number of nitrogen functional groups attached to an aromatic ring is 1. The zero-order chi connectivity index (χ0) is 15.4. The van der Waals surface area contributed by atoms with Crippen molar-refractivity contribution in [2.45, 2.75) is 0 Å². The summed E-state index contributed by atoms with van der Waals surface area (Å²) < 4.78 is 44.2. The van der Waals surface area contributed by atoms with Gasteiger partial charge in [0.2, 0.25) is 0 Å². The van der Waals surface area contributed by atoms with Crippen molar-refractivity contribution in [3.8, 4) is 5.75 Å². The van der Waals surface area contributed by atoms with Gasteiger partial charge in [0, 0.05) is 17.8 Å². The van der Waals surface area contributed by atoms with Gasteiger partial charge in [0.05, 0.1) is 5.69 Å². The molecule has 0 spiro atoms. The van der Waals surface area contributed by atoms with Crippen LogP contribution in [0.1, 0.15) is 0 Å². The highest BCUT2D eigenvalue weighted by molar-refractivity contribution is 5.92. The first-order valence-electron chi connectivity index (χ1n) is 5.88. The highest BCUT2D eigenvalue weighted by Gasteiger charge is 2.12. The van der Waals surface area contributed by atoms with E-state index in [0.717, 1.165) is 0 Å². The monoisotopic (exact) mass is 296 g/mol. The first-order valence-corrected chi connectivity index (χ1v) is 5.88. The minimum absolute atomic E-state index is 0.353. The normalized spacial score (nSPS) is 10.2. The standard InChI is InChI=1S/C14H11F3N2O2/c15-10-5-12(17)13(6-11(10)16)19-14(20)7-21-9-3-1-8(18)2-4-9/h1-6H,7,18H2,(H,19,20). The molecule has 2 aromatic rings. The maximum atomic E-state index is 13.3. The molecular weight excluding hydrogens is 285 g/mol. The molecule has 21 heavy (non-hydrogen) atoms. The van der Waals surface area contributed by atoms with Crippen LogP contribution in [0.2, 0.25) is 0 Å². The van der Waals surface area contributed by atoms with Gasteiger partial charge < -0.3 is 15.8 Å². The van der Waals surface area contributed by atoms with Gasteiger partial charge in [-0.3, -0.25) is 4.79 Å². The molecule has 0 aliphatic rings. The third-order valence-electron chi connectivity index (χ3n) is 2.53. The lowest BCUT2D eigenvalue weighted by atomic mass is 10.3. The maximum Gasteiger partial charge on any atom is 0.262 e. The minimum atomic E-state index is -1.33. The first kappa shape index (κ1) is 14.7. The third-order valence-corrected chi connectivity index (χ3v) is 2.53. The molecule has 0 unspecified atom stereocenters. The molecule has 0 saturated carbocycles. The Labute approximate surface area is 118 Å². The predicted molar refractivity (Wildman–Crippen MR) is 71.3 cm³/mol. The molecule has 0 saturated heterocycles. The third kappa shape index (κ3) is 3.88. The van der Waals surface area contributed by atoms with Crippen LogP contribution in [0.4, 0.5) is 24.5 Å². The number of nitrogens with two attached hydrogens (primary N) is 1. The van der Waals surface area contributed by atoms with Crippen molar-refractivity contribution in [3.05, 3.63) is 53.8 Å². The number of halogens is 3. The van der Waals surface area contributed by atoms with Crippen molar-refractivity contribution < 1.29 is 22.7 Å². The number of carbonyl (C=O) groups excluding carboxylic acids is 1. The molecule has 110 valence electrons. The number of carbonyl (C=O) groups is 1. The molecule has 0 aliphatic carbocycles. The number of amides is 1. The van der Waals surface area contributed by atoms with Crippen LogP contribution in [0.5, 0.6) is 5.75 Å². The number of benzene rings is 2. The Hall–Kier alpha value is -2.70. The molecule has 0 atom stereocenters. The summed E-state index contributed by atoms with van der Waals surface area (Å²) in [5.74, 6) is -3.98. The lowest BCUT2D eigenvalue weighted by molar-refractivity contribution is -0.118. The number of ether oxygens (including phenoxy) is 1. The molecular formula is C14H11F3N2O2. The Morgan fingerprint density at radius 1 is 1.05 bits per heavy atom. The Morgan fingerprint density at radius 3 is 2.33 bits per heavy atom. The van der Waals surface area contributed by atoms with E-state index in [0.29, 0.717) is 23.6 Å². The quantitative estimate of drug-likeness (QED) is 0.673. The SMILES string of the molecule is Nc1ccc(OCC(=O)Nc2cc(F)c(F)cc2F)cc1. The van der Waals surface area contributed by atoms with Crippen LogP contribution in [-0.2, 0) is 4.79 Å². The summed E-state index contributed by atoms with van der Waals surface area (Å²) in [5.41, 5.74) is 5.56. The van der Waals surface area contributed by atoms with Gasteiger partial charge in [-0.25, -0.2) is 13.2 Å². The summed E-state index contributed by atoms with van der Waals surface area (Å²) in [5, 5.41) is 2.09. The summed E-state index contributed by atoms with van der Waals surface area (Å²) in [6.45, 7) is -0.414. The van der Waals surface area contributed by atoms with Crippen molar-refractivity contribution in [3.63, 3.8) is 0 Å². The van der Waals surface area contributed by atoms with E-state index in [9.17, 15) is 18.0 Å². The van der Waals surface area contributed by atoms with E-state index < -0.39 is 35.7 Å². The highest BCUT2D eigenvalue weighted by Crippen LogP contribution is 2.18. The van der Waals surface area contributed by atoms with Crippen LogP contribution in [0.25, 0.3) is 0 Å². The van der Waals surface area contributed by atoms with Crippen LogP contribution in [-0.4, -0.2) is 12.5 Å². The van der Waals surface area contributed by atoms with Crippen molar-refractivity contribution in [1.82, 2.24) is 0 Å². The fourth-order valence-corrected chi connectivity index (χ4v) is 1.52. The lowest BCUT2D eigenvalue weighted by Gasteiger charge is -2.08. The van der Waals surface area contributed by atoms with Gasteiger partial charge in [0.25, 0.3) is 5.91 Å². The zero-order valence-electron chi connectivity index (χ0n) is 10.7. The van der Waals surface area contributed by atoms with Gasteiger partial charge in [-0.15, -0.1) is 0 Å². The Morgan fingerprint density at radius 2 is 1.67 bits per heavy atom. The van der Waals surface area contributed by atoms with Gasteiger partial charge in [-0.2, -0.15) is 0 Å². The molecule has 0 radical (unpaired) electrons. The molecule has 0 bridgehead atoms. The van der Waals surface area contributed by atoms with E-state index >= 15 is 0 Å². The summed E-state index contributed by atoms with van der Waals surface area (Å²) in [6.07, 6.45) is 0. The number of hydrogen-bond acceptors (Lipinski definition) is 3. The lowest BCUT2D eigenvalue weighted by Crippen LogP contribution is -2.21. The molecule has 0 fully saturated rings. The Kier molecular flexibility index (Phi) is 4.32. The van der Waals surface area contributed by atoms with Crippen LogP contribution in [0.3, 0.4) is 0 Å². The number of nitrogens with one attached hydrogen (secondary N) is 1. The molecule has 4 nitrogen and oxygen atoms in total. The van der Waals surface area contributed by atoms with Gasteiger partial charge >= 0.3 is 0 Å². The van der Waals surface area contributed by atoms with Gasteiger partial charge in [-0.1, -0.05) is 0 Å². The molecule has 1 amide bonds. The van der Waals surface area contributed by atoms with Crippen LogP contribution in [0.15, 0.2) is 36.4 Å². The van der Waals surface area contributed by atoms with Crippen molar-refractivity contribution >= 4 is 17.3 Å². The molecule has 2 aromatic carbocycles. The summed E-state index contributed by atoms with van der Waals surface area (Å²) in [4.78, 5) is 11.6. The molecule has 2 rings (SSSR count). The highest BCUT2D eigenvalue weighted by atomic mass is 19.2. The van der Waals surface area contributed by atoms with Crippen LogP contribution < -0.4 is 15.8 Å². The van der Waals surface area contributed by atoms with E-state index in [4.69, 9.17) is 10.5 Å². The maximum absolute atomic E-state index is 13.3. The second-order valence-electron chi connectivity index (χ2n) is 4.15. The predicted octanol–water partition coefficient (Wildman–Crippen LogP) is 2.70. The average molecular weight is 296 g/mol. The second kappa shape index (κ2) is 6.17. The van der Waals surface area contributed by atoms with Gasteiger partial charge in [0.1, 0.15) is 11.6 Å². The summed E-state index contributed by atoms with van der Waals surface area (Å²) in [6, 6.07) is 7.20. The fourth-order valence-electron chi connectivity index (χ4n) is 1.52. The van der Waals surface area contributed by atoms with Crippen molar-refractivity contribution in [2.24, 2.45) is 0 Å². The van der Waals surface area contributed by atoms with Crippen LogP contribution >= 0.6 is 0 Å².